The molecule has 1 aliphatic heterocycles. The highest BCUT2D eigenvalue weighted by Crippen LogP contribution is 2.40. The molecule has 39 heavy (non-hydrogen) atoms. The van der Waals surface area contributed by atoms with Gasteiger partial charge in [0.05, 0.1) is 25.5 Å². The van der Waals surface area contributed by atoms with Crippen molar-refractivity contribution in [3.63, 3.8) is 0 Å². The number of nitrogens with zero attached hydrogens (tertiary/aromatic N) is 4. The molecule has 3 heterocycles. The van der Waals surface area contributed by atoms with E-state index in [4.69, 9.17) is 14.6 Å². The summed E-state index contributed by atoms with van der Waals surface area (Å²) in [6.07, 6.45) is 2.03. The Morgan fingerprint density at radius 1 is 0.795 bits per heavy atom. The molecule has 3 aromatic carbocycles. The van der Waals surface area contributed by atoms with E-state index in [1.165, 1.54) is 11.8 Å². The van der Waals surface area contributed by atoms with E-state index in [0.29, 0.717) is 29.3 Å². The molecule has 192 valence electrons. The number of carbonyl (C=O) groups excluding carboxylic acids is 1. The summed E-state index contributed by atoms with van der Waals surface area (Å²) in [5.41, 5.74) is 6.35. The molecule has 0 radical (unpaired) electrons. The highest BCUT2D eigenvalue weighted by Gasteiger charge is 2.33. The number of carbonyl (C=O) groups is 1. The highest BCUT2D eigenvalue weighted by atomic mass is 16.5. The van der Waals surface area contributed by atoms with Crippen LogP contribution in [-0.4, -0.2) is 39.9 Å². The van der Waals surface area contributed by atoms with E-state index >= 15 is 0 Å². The number of hydrogen-bond donors (Lipinski definition) is 1. The Labute approximate surface area is 225 Å². The molecule has 8 nitrogen and oxygen atoms in total. The lowest BCUT2D eigenvalue weighted by molar-refractivity contribution is 0.0958. The normalized spacial score (nSPS) is 12.7. The van der Waals surface area contributed by atoms with Crippen LogP contribution in [0.5, 0.6) is 11.8 Å². The second-order valence-electron chi connectivity index (χ2n) is 8.93. The summed E-state index contributed by atoms with van der Waals surface area (Å²) in [4.78, 5) is 22.8. The van der Waals surface area contributed by atoms with Crippen LogP contribution in [-0.2, 0) is 6.42 Å². The van der Waals surface area contributed by atoms with Gasteiger partial charge < -0.3 is 14.8 Å². The van der Waals surface area contributed by atoms with Gasteiger partial charge in [0.2, 0.25) is 0 Å². The van der Waals surface area contributed by atoms with E-state index in [1.807, 2.05) is 84.9 Å². The summed E-state index contributed by atoms with van der Waals surface area (Å²) in [5, 5.41) is 8.28. The number of nitrogens with one attached hydrogen (secondary N) is 1. The van der Waals surface area contributed by atoms with Crippen molar-refractivity contribution in [2.24, 2.45) is 0 Å². The summed E-state index contributed by atoms with van der Waals surface area (Å²) in [7, 11) is 3.13. The summed E-state index contributed by atoms with van der Waals surface area (Å²) < 4.78 is 12.1. The molecule has 5 aromatic rings. The van der Waals surface area contributed by atoms with Crippen molar-refractivity contribution in [2.45, 2.75) is 6.42 Å². The van der Waals surface area contributed by atoms with Gasteiger partial charge in [0.25, 0.3) is 5.91 Å². The van der Waals surface area contributed by atoms with Gasteiger partial charge in [-0.3, -0.25) is 4.79 Å². The fourth-order valence-corrected chi connectivity index (χ4v) is 4.81. The maximum absolute atomic E-state index is 14.2. The molecule has 0 bridgehead atoms. The minimum atomic E-state index is -0.232. The van der Waals surface area contributed by atoms with Gasteiger partial charge in [0, 0.05) is 29.4 Å². The topological polar surface area (TPSA) is 91.2 Å². The molecule has 2 aromatic heterocycles. The minimum Gasteiger partial charge on any atom is -0.497 e. The van der Waals surface area contributed by atoms with Gasteiger partial charge in [0.15, 0.2) is 0 Å². The van der Waals surface area contributed by atoms with Crippen LogP contribution in [0.15, 0.2) is 103 Å². The molecule has 0 aliphatic carbocycles. The molecule has 0 unspecified atom stereocenters. The van der Waals surface area contributed by atoms with Gasteiger partial charge in [-0.25, -0.2) is 4.98 Å². The number of allylic oxidation sites excluding steroid dienone is 2. The lowest BCUT2D eigenvalue weighted by Crippen LogP contribution is -2.26. The molecule has 0 amide bonds. The van der Waals surface area contributed by atoms with Gasteiger partial charge in [-0.15, -0.1) is 0 Å². The van der Waals surface area contributed by atoms with Gasteiger partial charge >= 0.3 is 6.01 Å². The SMILES string of the molecule is COc1ccc(C2=C(Nc3ccnc(OC)n3)Cc3c(-c4ccccc4)c(-c4ccccc4)nn3C2=O)cc1. The van der Waals surface area contributed by atoms with Crippen molar-refractivity contribution in [1.29, 1.82) is 0 Å². The molecule has 6 rings (SSSR count). The quantitative estimate of drug-likeness (QED) is 0.295. The van der Waals surface area contributed by atoms with E-state index in [2.05, 4.69) is 15.3 Å². The van der Waals surface area contributed by atoms with Crippen molar-refractivity contribution >= 4 is 17.3 Å². The van der Waals surface area contributed by atoms with Gasteiger partial charge in [-0.05, 0) is 29.3 Å². The average molecular weight is 516 g/mol. The van der Waals surface area contributed by atoms with Crippen molar-refractivity contribution in [2.75, 3.05) is 19.5 Å². The maximum atomic E-state index is 14.2. The van der Waals surface area contributed by atoms with Gasteiger partial charge in [0.1, 0.15) is 17.3 Å². The predicted molar refractivity (Wildman–Crippen MR) is 150 cm³/mol. The molecular formula is C31H25N5O3. The monoisotopic (exact) mass is 515 g/mol. The summed E-state index contributed by atoms with van der Waals surface area (Å²) >= 11 is 0. The first-order chi connectivity index (χ1) is 19.2. The van der Waals surface area contributed by atoms with Crippen LogP contribution in [0.4, 0.5) is 5.82 Å². The standard InChI is InChI=1S/C31H25N5O3/c1-38-23-15-13-21(14-16-23)27-24(33-26-17-18-32-31(34-26)39-2)19-25-28(20-9-5-3-6-10-20)29(35-36(25)30(27)37)22-11-7-4-8-12-22/h3-18H,19H2,1-2H3,(H,32,33,34). The number of benzene rings is 3. The number of methoxy groups -OCH3 is 2. The van der Waals surface area contributed by atoms with E-state index in [-0.39, 0.29) is 11.9 Å². The smallest absolute Gasteiger partial charge is 0.318 e. The van der Waals surface area contributed by atoms with Crippen LogP contribution < -0.4 is 14.8 Å². The Morgan fingerprint density at radius 3 is 2.15 bits per heavy atom. The molecule has 1 aliphatic rings. The summed E-state index contributed by atoms with van der Waals surface area (Å²) in [5.74, 6) is 0.993. The van der Waals surface area contributed by atoms with Crippen molar-refractivity contribution in [3.8, 4) is 34.1 Å². The Kier molecular flexibility index (Phi) is 6.34. The zero-order valence-corrected chi connectivity index (χ0v) is 21.5. The van der Waals surface area contributed by atoms with Crippen LogP contribution in [0.1, 0.15) is 16.1 Å². The molecular weight excluding hydrogens is 490 g/mol. The minimum absolute atomic E-state index is 0.232. The molecule has 0 spiro atoms. The Morgan fingerprint density at radius 2 is 1.49 bits per heavy atom. The van der Waals surface area contributed by atoms with E-state index in [0.717, 1.165) is 33.6 Å². The third-order valence-electron chi connectivity index (χ3n) is 6.62. The fraction of sp³-hybridized carbons (Fsp3) is 0.0968. The van der Waals surface area contributed by atoms with Crippen LogP contribution in [0.3, 0.4) is 0 Å². The lowest BCUT2D eigenvalue weighted by atomic mass is 9.92. The Balaban J connectivity index is 1.55. The van der Waals surface area contributed by atoms with Crippen LogP contribution >= 0.6 is 0 Å². The number of ether oxygens (including phenoxy) is 2. The number of anilines is 1. The molecule has 0 saturated heterocycles. The van der Waals surface area contributed by atoms with Crippen molar-refractivity contribution in [1.82, 2.24) is 19.7 Å². The molecule has 1 N–H and O–H groups in total. The van der Waals surface area contributed by atoms with Crippen molar-refractivity contribution < 1.29 is 14.3 Å². The van der Waals surface area contributed by atoms with Gasteiger partial charge in [-0.2, -0.15) is 14.8 Å². The maximum Gasteiger partial charge on any atom is 0.318 e. The predicted octanol–water partition coefficient (Wildman–Crippen LogP) is 5.74. The first-order valence-corrected chi connectivity index (χ1v) is 12.5. The van der Waals surface area contributed by atoms with Gasteiger partial charge in [-0.1, -0.05) is 72.8 Å². The molecule has 0 saturated carbocycles. The van der Waals surface area contributed by atoms with Crippen molar-refractivity contribution in [3.05, 3.63) is 114 Å². The molecule has 0 atom stereocenters. The number of fused-ring (bicyclic) bond motifs is 1. The Bertz CT molecular complexity index is 1680. The van der Waals surface area contributed by atoms with E-state index in [1.54, 1.807) is 19.4 Å². The second kappa shape index (κ2) is 10.3. The zero-order valence-electron chi connectivity index (χ0n) is 21.5. The first kappa shape index (κ1) is 24.1. The largest absolute Gasteiger partial charge is 0.497 e. The lowest BCUT2D eigenvalue weighted by Gasteiger charge is -2.23. The number of hydrogen-bond acceptors (Lipinski definition) is 7. The zero-order chi connectivity index (χ0) is 26.8. The summed E-state index contributed by atoms with van der Waals surface area (Å²) in [6.45, 7) is 0. The average Bonchev–Trinajstić information content (AvgIpc) is 3.38. The second-order valence-corrected chi connectivity index (χ2v) is 8.93. The molecule has 0 fully saturated rings. The van der Waals surface area contributed by atoms with Crippen LogP contribution in [0.2, 0.25) is 0 Å². The third kappa shape index (κ3) is 4.53. The van der Waals surface area contributed by atoms with Crippen LogP contribution in [0, 0.1) is 0 Å². The molecule has 8 heteroatoms. The van der Waals surface area contributed by atoms with E-state index < -0.39 is 0 Å². The fourth-order valence-electron chi connectivity index (χ4n) is 4.81. The first-order valence-electron chi connectivity index (χ1n) is 12.5. The summed E-state index contributed by atoms with van der Waals surface area (Å²) in [6, 6.07) is 29.4. The Hall–Kier alpha value is -5.24. The third-order valence-corrected chi connectivity index (χ3v) is 6.62. The van der Waals surface area contributed by atoms with Crippen LogP contribution in [0.25, 0.3) is 28.0 Å². The number of rotatable bonds is 7. The van der Waals surface area contributed by atoms with E-state index in [9.17, 15) is 4.79 Å². The highest BCUT2D eigenvalue weighted by molar-refractivity contribution is 6.23. The number of aromatic nitrogens is 4.